The van der Waals surface area contributed by atoms with Gasteiger partial charge < -0.3 is 10.8 Å². The summed E-state index contributed by atoms with van der Waals surface area (Å²) in [4.78, 5) is 12.4. The highest BCUT2D eigenvalue weighted by Gasteiger charge is 2.19. The predicted octanol–water partition coefficient (Wildman–Crippen LogP) is -0.260. The van der Waals surface area contributed by atoms with Crippen LogP contribution in [0.1, 0.15) is 13.3 Å². The summed E-state index contributed by atoms with van der Waals surface area (Å²) < 4.78 is 0. The standard InChI is InChI=1S/C7H16N2O2/c1-3-9(2)6(4-5-8)7(10)11/h6H,3-5,8H2,1-2H3,(H,10,11). The third kappa shape index (κ3) is 3.34. The van der Waals surface area contributed by atoms with Gasteiger partial charge in [0.2, 0.25) is 0 Å². The van der Waals surface area contributed by atoms with Gasteiger partial charge in [0.15, 0.2) is 0 Å². The second-order valence-corrected chi connectivity index (χ2v) is 2.50. The maximum absolute atomic E-state index is 10.6. The highest BCUT2D eigenvalue weighted by Crippen LogP contribution is 1.99. The number of aliphatic carboxylic acids is 1. The van der Waals surface area contributed by atoms with Gasteiger partial charge in [-0.25, -0.2) is 0 Å². The molecule has 11 heavy (non-hydrogen) atoms. The first-order valence-electron chi connectivity index (χ1n) is 3.76. The number of hydrogen-bond acceptors (Lipinski definition) is 3. The molecular formula is C7H16N2O2. The second-order valence-electron chi connectivity index (χ2n) is 2.50. The molecule has 0 radical (unpaired) electrons. The number of nitrogens with zero attached hydrogens (tertiary/aromatic N) is 1. The maximum Gasteiger partial charge on any atom is 0.320 e. The van der Waals surface area contributed by atoms with Gasteiger partial charge in [-0.3, -0.25) is 9.69 Å². The van der Waals surface area contributed by atoms with E-state index in [-0.39, 0.29) is 0 Å². The van der Waals surface area contributed by atoms with Crippen LogP contribution < -0.4 is 5.73 Å². The predicted molar refractivity (Wildman–Crippen MR) is 43.4 cm³/mol. The van der Waals surface area contributed by atoms with Gasteiger partial charge >= 0.3 is 5.97 Å². The molecular weight excluding hydrogens is 144 g/mol. The lowest BCUT2D eigenvalue weighted by molar-refractivity contribution is -0.142. The Morgan fingerprint density at radius 1 is 1.73 bits per heavy atom. The van der Waals surface area contributed by atoms with Crippen molar-refractivity contribution in [2.45, 2.75) is 19.4 Å². The Labute approximate surface area is 67.0 Å². The Kier molecular flexibility index (Phi) is 4.81. The molecule has 0 bridgehead atoms. The van der Waals surface area contributed by atoms with Crippen molar-refractivity contribution in [2.24, 2.45) is 5.73 Å². The zero-order valence-corrected chi connectivity index (χ0v) is 7.08. The van der Waals surface area contributed by atoms with Crippen LogP contribution >= 0.6 is 0 Å². The zero-order chi connectivity index (χ0) is 8.85. The maximum atomic E-state index is 10.6. The summed E-state index contributed by atoms with van der Waals surface area (Å²) in [5.74, 6) is -0.792. The van der Waals surface area contributed by atoms with Gasteiger partial charge in [-0.1, -0.05) is 6.92 Å². The Morgan fingerprint density at radius 2 is 2.27 bits per heavy atom. The quantitative estimate of drug-likeness (QED) is 0.581. The number of rotatable bonds is 5. The number of carboxylic acids is 1. The van der Waals surface area contributed by atoms with E-state index in [2.05, 4.69) is 0 Å². The molecule has 0 aromatic heterocycles. The lowest BCUT2D eigenvalue weighted by Crippen LogP contribution is -2.39. The molecule has 0 aliphatic carbocycles. The minimum absolute atomic E-state index is 0.418. The van der Waals surface area contributed by atoms with Gasteiger partial charge in [0.1, 0.15) is 6.04 Å². The second kappa shape index (κ2) is 5.09. The van der Waals surface area contributed by atoms with Crippen LogP contribution in [-0.4, -0.2) is 42.2 Å². The summed E-state index contributed by atoms with van der Waals surface area (Å²) in [5, 5.41) is 8.71. The number of nitrogens with two attached hydrogens (primary N) is 1. The van der Waals surface area contributed by atoms with Crippen LogP contribution in [0.5, 0.6) is 0 Å². The normalized spacial score (nSPS) is 13.5. The Hall–Kier alpha value is -0.610. The summed E-state index contributed by atoms with van der Waals surface area (Å²) >= 11 is 0. The van der Waals surface area contributed by atoms with Crippen LogP contribution in [0.2, 0.25) is 0 Å². The fourth-order valence-electron chi connectivity index (χ4n) is 0.911. The average molecular weight is 160 g/mol. The van der Waals surface area contributed by atoms with Crippen molar-refractivity contribution in [3.8, 4) is 0 Å². The lowest BCUT2D eigenvalue weighted by Gasteiger charge is -2.21. The molecule has 0 amide bonds. The van der Waals surface area contributed by atoms with Crippen LogP contribution in [0.25, 0.3) is 0 Å². The van der Waals surface area contributed by atoms with Gasteiger partial charge in [-0.2, -0.15) is 0 Å². The Morgan fingerprint density at radius 3 is 2.55 bits per heavy atom. The average Bonchev–Trinajstić information content (AvgIpc) is 1.98. The number of likely N-dealkylation sites (N-methyl/N-ethyl adjacent to an activating group) is 1. The van der Waals surface area contributed by atoms with Crippen LogP contribution in [0, 0.1) is 0 Å². The summed E-state index contributed by atoms with van der Waals surface area (Å²) in [6.45, 7) is 3.07. The third-order valence-corrected chi connectivity index (χ3v) is 1.76. The Balaban J connectivity index is 3.97. The van der Waals surface area contributed by atoms with Gasteiger partial charge in [0.05, 0.1) is 0 Å². The minimum Gasteiger partial charge on any atom is -0.480 e. The van der Waals surface area contributed by atoms with Gasteiger partial charge in [0, 0.05) is 0 Å². The summed E-state index contributed by atoms with van der Waals surface area (Å²) in [6.07, 6.45) is 0.514. The van der Waals surface area contributed by atoms with Crippen molar-refractivity contribution < 1.29 is 9.90 Å². The largest absolute Gasteiger partial charge is 0.480 e. The molecule has 4 nitrogen and oxygen atoms in total. The van der Waals surface area contributed by atoms with E-state index in [0.29, 0.717) is 13.0 Å². The molecule has 4 heteroatoms. The van der Waals surface area contributed by atoms with E-state index in [1.165, 1.54) is 0 Å². The van der Waals surface area contributed by atoms with Crippen LogP contribution in [0.4, 0.5) is 0 Å². The van der Waals surface area contributed by atoms with Crippen molar-refractivity contribution in [1.82, 2.24) is 4.90 Å². The van der Waals surface area contributed by atoms with Crippen LogP contribution in [0.3, 0.4) is 0 Å². The SMILES string of the molecule is CCN(C)C(CCN)C(=O)O. The molecule has 1 unspecified atom stereocenters. The number of hydrogen-bond donors (Lipinski definition) is 2. The molecule has 1 atom stereocenters. The first-order chi connectivity index (χ1) is 5.13. The molecule has 0 fully saturated rings. The van der Waals surface area contributed by atoms with E-state index < -0.39 is 12.0 Å². The molecule has 0 spiro atoms. The first kappa shape index (κ1) is 10.4. The molecule has 0 aliphatic heterocycles. The van der Waals surface area contributed by atoms with Gasteiger partial charge in [-0.15, -0.1) is 0 Å². The molecule has 0 saturated heterocycles. The van der Waals surface area contributed by atoms with Crippen molar-refractivity contribution in [2.75, 3.05) is 20.1 Å². The molecule has 0 heterocycles. The van der Waals surface area contributed by atoms with Crippen LogP contribution in [-0.2, 0) is 4.79 Å². The smallest absolute Gasteiger partial charge is 0.320 e. The Bertz CT molecular complexity index is 128. The monoisotopic (exact) mass is 160 g/mol. The van der Waals surface area contributed by atoms with Gasteiger partial charge in [0.25, 0.3) is 0 Å². The topological polar surface area (TPSA) is 66.6 Å². The molecule has 66 valence electrons. The zero-order valence-electron chi connectivity index (χ0n) is 7.08. The molecule has 3 N–H and O–H groups in total. The van der Waals surface area contributed by atoms with E-state index in [4.69, 9.17) is 10.8 Å². The summed E-state index contributed by atoms with van der Waals surface area (Å²) in [7, 11) is 1.79. The van der Waals surface area contributed by atoms with E-state index in [1.807, 2.05) is 6.92 Å². The molecule has 0 aromatic rings. The highest BCUT2D eigenvalue weighted by atomic mass is 16.4. The lowest BCUT2D eigenvalue weighted by atomic mass is 10.2. The number of carboxylic acid groups (broad SMARTS) is 1. The van der Waals surface area contributed by atoms with E-state index in [1.54, 1.807) is 11.9 Å². The van der Waals surface area contributed by atoms with Crippen LogP contribution in [0.15, 0.2) is 0 Å². The van der Waals surface area contributed by atoms with Gasteiger partial charge in [-0.05, 0) is 26.6 Å². The minimum atomic E-state index is -0.792. The fourth-order valence-corrected chi connectivity index (χ4v) is 0.911. The van der Waals surface area contributed by atoms with Crippen molar-refractivity contribution in [3.05, 3.63) is 0 Å². The van der Waals surface area contributed by atoms with E-state index in [9.17, 15) is 4.79 Å². The highest BCUT2D eigenvalue weighted by molar-refractivity contribution is 5.73. The summed E-state index contributed by atoms with van der Waals surface area (Å²) in [6, 6.07) is -0.426. The van der Waals surface area contributed by atoms with Crippen molar-refractivity contribution in [3.63, 3.8) is 0 Å². The van der Waals surface area contributed by atoms with E-state index >= 15 is 0 Å². The fraction of sp³-hybridized carbons (Fsp3) is 0.857. The molecule has 0 aromatic carbocycles. The first-order valence-corrected chi connectivity index (χ1v) is 3.76. The number of carbonyl (C=O) groups is 1. The van der Waals surface area contributed by atoms with Crippen molar-refractivity contribution >= 4 is 5.97 Å². The molecule has 0 aliphatic rings. The van der Waals surface area contributed by atoms with Crippen molar-refractivity contribution in [1.29, 1.82) is 0 Å². The van der Waals surface area contributed by atoms with E-state index in [0.717, 1.165) is 6.54 Å². The molecule has 0 rings (SSSR count). The molecule has 0 saturated carbocycles. The third-order valence-electron chi connectivity index (χ3n) is 1.76. The summed E-state index contributed by atoms with van der Waals surface area (Å²) in [5.41, 5.74) is 5.27.